The minimum absolute atomic E-state index is 0.365. The van der Waals surface area contributed by atoms with Gasteiger partial charge in [0.25, 0.3) is 0 Å². The number of ether oxygens (including phenoxy) is 1. The van der Waals surface area contributed by atoms with Gasteiger partial charge in [-0.05, 0) is 12.8 Å². The van der Waals surface area contributed by atoms with Crippen molar-refractivity contribution in [3.05, 3.63) is 0 Å². The van der Waals surface area contributed by atoms with E-state index in [4.69, 9.17) is 20.1 Å². The minimum Gasteiger partial charge on any atom is -0.394 e. The summed E-state index contributed by atoms with van der Waals surface area (Å²) in [4.78, 5) is 0. The van der Waals surface area contributed by atoms with Crippen LogP contribution in [0.15, 0.2) is 0 Å². The van der Waals surface area contributed by atoms with Crippen molar-refractivity contribution >= 4 is 0 Å². The summed E-state index contributed by atoms with van der Waals surface area (Å²) in [6, 6.07) is 0. The Morgan fingerprint density at radius 2 is 1.55 bits per heavy atom. The lowest BCUT2D eigenvalue weighted by Gasteiger charge is -1.96. The van der Waals surface area contributed by atoms with E-state index >= 15 is 0 Å². The second-order valence-corrected chi connectivity index (χ2v) is 2.34. The third-order valence-electron chi connectivity index (χ3n) is 1.25. The van der Waals surface area contributed by atoms with Gasteiger partial charge in [0.2, 0.25) is 0 Å². The third-order valence-corrected chi connectivity index (χ3v) is 1.25. The van der Waals surface area contributed by atoms with E-state index in [9.17, 15) is 0 Å². The molecule has 0 spiro atoms. The normalized spacial score (nSPS) is 16.4. The van der Waals surface area contributed by atoms with Crippen molar-refractivity contribution in [1.29, 1.82) is 0 Å². The molecule has 1 fully saturated rings. The number of hydrogen-bond acceptors (Lipinski definition) is 4. The first-order valence-corrected chi connectivity index (χ1v) is 3.78. The highest BCUT2D eigenvalue weighted by atomic mass is 16.5. The Morgan fingerprint density at radius 3 is 1.64 bits per heavy atom. The van der Waals surface area contributed by atoms with Crippen molar-refractivity contribution < 1.29 is 20.1 Å². The van der Waals surface area contributed by atoms with Gasteiger partial charge in [-0.1, -0.05) is 0 Å². The molecule has 0 atom stereocenters. The lowest BCUT2D eigenvalue weighted by molar-refractivity contribution is 0.0450. The van der Waals surface area contributed by atoms with Gasteiger partial charge >= 0.3 is 0 Å². The zero-order valence-electron chi connectivity index (χ0n) is 6.57. The first-order valence-electron chi connectivity index (χ1n) is 3.78. The maximum Gasteiger partial charge on any atom is 0.100 e. The molecule has 0 aromatic carbocycles. The van der Waals surface area contributed by atoms with Crippen molar-refractivity contribution in [2.24, 2.45) is 0 Å². The summed E-state index contributed by atoms with van der Waals surface area (Å²) >= 11 is 0. The van der Waals surface area contributed by atoms with E-state index in [0.717, 1.165) is 13.2 Å². The molecular formula is C7H16O4. The summed E-state index contributed by atoms with van der Waals surface area (Å²) in [5, 5.41) is 24.0. The number of rotatable bonds is 2. The lowest BCUT2D eigenvalue weighted by atomic mass is 10.4. The van der Waals surface area contributed by atoms with Gasteiger partial charge in [-0.25, -0.2) is 0 Å². The van der Waals surface area contributed by atoms with E-state index in [0.29, 0.717) is 0 Å². The van der Waals surface area contributed by atoms with Crippen LogP contribution in [0.5, 0.6) is 0 Å². The zero-order valence-corrected chi connectivity index (χ0v) is 6.57. The second kappa shape index (κ2) is 7.94. The van der Waals surface area contributed by atoms with Gasteiger partial charge in [0.05, 0.1) is 13.2 Å². The smallest absolute Gasteiger partial charge is 0.100 e. The predicted octanol–water partition coefficient (Wildman–Crippen LogP) is -0.871. The van der Waals surface area contributed by atoms with Crippen LogP contribution in [-0.4, -0.2) is 47.9 Å². The van der Waals surface area contributed by atoms with Crippen molar-refractivity contribution in [3.8, 4) is 0 Å². The summed E-state index contributed by atoms with van der Waals surface area (Å²) in [5.74, 6) is 0. The van der Waals surface area contributed by atoms with Gasteiger partial charge in [0.1, 0.15) is 6.10 Å². The van der Waals surface area contributed by atoms with Crippen LogP contribution in [0.2, 0.25) is 0 Å². The van der Waals surface area contributed by atoms with Gasteiger partial charge in [0, 0.05) is 13.2 Å². The molecule has 0 radical (unpaired) electrons. The molecule has 0 bridgehead atoms. The average molecular weight is 164 g/mol. The van der Waals surface area contributed by atoms with E-state index < -0.39 is 6.10 Å². The Kier molecular flexibility index (Phi) is 7.83. The van der Waals surface area contributed by atoms with Crippen LogP contribution in [0, 0.1) is 0 Å². The fourth-order valence-electron chi connectivity index (χ4n) is 0.568. The summed E-state index contributed by atoms with van der Waals surface area (Å²) in [6.07, 6.45) is 1.60. The number of aliphatic hydroxyl groups is 3. The molecule has 1 saturated heterocycles. The maximum atomic E-state index is 8.17. The number of aliphatic hydroxyl groups excluding tert-OH is 3. The lowest BCUT2D eigenvalue weighted by Crippen LogP contribution is -2.15. The molecule has 4 nitrogen and oxygen atoms in total. The van der Waals surface area contributed by atoms with Crippen molar-refractivity contribution in [1.82, 2.24) is 0 Å². The molecule has 11 heavy (non-hydrogen) atoms. The Balaban J connectivity index is 0.000000183. The Bertz CT molecular complexity index is 61.2. The van der Waals surface area contributed by atoms with E-state index in [1.54, 1.807) is 0 Å². The van der Waals surface area contributed by atoms with E-state index in [1.165, 1.54) is 12.8 Å². The first-order chi connectivity index (χ1) is 5.31. The van der Waals surface area contributed by atoms with E-state index in [1.807, 2.05) is 0 Å². The van der Waals surface area contributed by atoms with Crippen LogP contribution < -0.4 is 0 Å². The van der Waals surface area contributed by atoms with E-state index in [2.05, 4.69) is 0 Å². The molecule has 68 valence electrons. The average Bonchev–Trinajstić information content (AvgIpc) is 2.60. The van der Waals surface area contributed by atoms with Gasteiger partial charge in [-0.3, -0.25) is 0 Å². The van der Waals surface area contributed by atoms with Crippen LogP contribution in [0.3, 0.4) is 0 Å². The molecule has 1 heterocycles. The van der Waals surface area contributed by atoms with E-state index in [-0.39, 0.29) is 13.2 Å². The molecule has 1 aliphatic rings. The number of hydrogen-bond donors (Lipinski definition) is 3. The molecule has 1 aliphatic heterocycles. The molecule has 0 saturated carbocycles. The Labute approximate surface area is 66.4 Å². The third kappa shape index (κ3) is 7.74. The summed E-state index contributed by atoms with van der Waals surface area (Å²) in [7, 11) is 0. The molecule has 0 aromatic rings. The highest BCUT2D eigenvalue weighted by molar-refractivity contribution is 4.44. The van der Waals surface area contributed by atoms with Crippen molar-refractivity contribution in [3.63, 3.8) is 0 Å². The van der Waals surface area contributed by atoms with Gasteiger partial charge in [0.15, 0.2) is 0 Å². The zero-order chi connectivity index (χ0) is 8.53. The fourth-order valence-corrected chi connectivity index (χ4v) is 0.568. The maximum absolute atomic E-state index is 8.17. The van der Waals surface area contributed by atoms with Crippen molar-refractivity contribution in [2.45, 2.75) is 18.9 Å². The topological polar surface area (TPSA) is 69.9 Å². The Morgan fingerprint density at radius 1 is 1.09 bits per heavy atom. The van der Waals surface area contributed by atoms with Crippen LogP contribution in [0.1, 0.15) is 12.8 Å². The van der Waals surface area contributed by atoms with Gasteiger partial charge < -0.3 is 20.1 Å². The second-order valence-electron chi connectivity index (χ2n) is 2.34. The minimum atomic E-state index is -0.954. The molecule has 0 aromatic heterocycles. The molecule has 4 heteroatoms. The van der Waals surface area contributed by atoms with Crippen molar-refractivity contribution in [2.75, 3.05) is 26.4 Å². The van der Waals surface area contributed by atoms with Crippen LogP contribution >= 0.6 is 0 Å². The molecule has 1 rings (SSSR count). The predicted molar refractivity (Wildman–Crippen MR) is 40.2 cm³/mol. The monoisotopic (exact) mass is 164 g/mol. The summed E-state index contributed by atoms with van der Waals surface area (Å²) in [6.45, 7) is 1.27. The molecule has 3 N–H and O–H groups in total. The van der Waals surface area contributed by atoms with Gasteiger partial charge in [-0.2, -0.15) is 0 Å². The van der Waals surface area contributed by atoms with Crippen LogP contribution in [0.25, 0.3) is 0 Å². The van der Waals surface area contributed by atoms with Gasteiger partial charge in [-0.15, -0.1) is 0 Å². The Hall–Kier alpha value is -0.160. The SMILES string of the molecule is C1CCOC1.OCC(O)CO. The quantitative estimate of drug-likeness (QED) is 0.496. The summed E-state index contributed by atoms with van der Waals surface area (Å²) < 4.78 is 4.94. The molecular weight excluding hydrogens is 148 g/mol. The summed E-state index contributed by atoms with van der Waals surface area (Å²) in [5.41, 5.74) is 0. The van der Waals surface area contributed by atoms with Crippen LogP contribution in [-0.2, 0) is 4.74 Å². The molecule has 0 amide bonds. The highest BCUT2D eigenvalue weighted by Gasteiger charge is 1.94. The first kappa shape index (κ1) is 10.8. The molecule has 0 unspecified atom stereocenters. The largest absolute Gasteiger partial charge is 0.394 e. The highest BCUT2D eigenvalue weighted by Crippen LogP contribution is 1.98. The standard InChI is InChI=1S/C4H8O.C3H8O3/c1-2-4-5-3-1;4-1-3(6)2-5/h1-4H2;3-6H,1-2H2. The fraction of sp³-hybridized carbons (Fsp3) is 1.00. The van der Waals surface area contributed by atoms with Crippen LogP contribution in [0.4, 0.5) is 0 Å². The molecule has 0 aliphatic carbocycles.